The summed E-state index contributed by atoms with van der Waals surface area (Å²) in [6.07, 6.45) is 5.65. The fourth-order valence-electron chi connectivity index (χ4n) is 2.95. The molecule has 0 saturated carbocycles. The molecule has 1 atom stereocenters. The van der Waals surface area contributed by atoms with Crippen LogP contribution in [0.1, 0.15) is 39.5 Å². The Morgan fingerprint density at radius 3 is 2.27 bits per heavy atom. The minimum absolute atomic E-state index is 0. The number of nitrogens with zero attached hydrogens (tertiary/aromatic N) is 1. The Labute approximate surface area is 100 Å². The first-order valence-corrected chi connectivity index (χ1v) is 6.25. The highest BCUT2D eigenvalue weighted by Gasteiger charge is 2.28. The van der Waals surface area contributed by atoms with Crippen LogP contribution in [0.4, 0.5) is 0 Å². The summed E-state index contributed by atoms with van der Waals surface area (Å²) >= 11 is 0. The highest BCUT2D eigenvalue weighted by molar-refractivity contribution is 5.85. The lowest BCUT2D eigenvalue weighted by Gasteiger charge is -2.37. The summed E-state index contributed by atoms with van der Waals surface area (Å²) in [5.41, 5.74) is 0. The second-order valence-corrected chi connectivity index (χ2v) is 5.17. The molecule has 1 N–H and O–H groups in total. The molecule has 90 valence electrons. The van der Waals surface area contributed by atoms with E-state index >= 15 is 0 Å². The van der Waals surface area contributed by atoms with Gasteiger partial charge in [0.1, 0.15) is 0 Å². The largest absolute Gasteiger partial charge is 0.314 e. The highest BCUT2D eigenvalue weighted by Crippen LogP contribution is 2.26. The second-order valence-electron chi connectivity index (χ2n) is 5.17. The zero-order valence-electron chi connectivity index (χ0n) is 10.0. The third kappa shape index (κ3) is 3.33. The minimum Gasteiger partial charge on any atom is -0.314 e. The number of rotatable bonds is 2. The van der Waals surface area contributed by atoms with Crippen LogP contribution in [0.5, 0.6) is 0 Å². The van der Waals surface area contributed by atoms with Gasteiger partial charge < -0.3 is 10.2 Å². The molecule has 0 spiro atoms. The number of likely N-dealkylation sites (tertiary alicyclic amines) is 1. The summed E-state index contributed by atoms with van der Waals surface area (Å²) in [4.78, 5) is 2.62. The molecule has 15 heavy (non-hydrogen) atoms. The van der Waals surface area contributed by atoms with E-state index in [-0.39, 0.29) is 12.4 Å². The molecule has 2 nitrogen and oxygen atoms in total. The van der Waals surface area contributed by atoms with Crippen LogP contribution in [0.15, 0.2) is 0 Å². The Kier molecular flexibility index (Phi) is 5.37. The Balaban J connectivity index is 0.00000112. The molecule has 2 rings (SSSR count). The molecule has 3 heteroatoms. The maximum atomic E-state index is 3.65. The first-order chi connectivity index (χ1) is 6.77. The van der Waals surface area contributed by atoms with Gasteiger partial charge in [0.15, 0.2) is 0 Å². The fourth-order valence-corrected chi connectivity index (χ4v) is 2.95. The maximum Gasteiger partial charge on any atom is 0.00967 e. The lowest BCUT2D eigenvalue weighted by Crippen LogP contribution is -2.43. The van der Waals surface area contributed by atoms with Crippen molar-refractivity contribution in [1.29, 1.82) is 0 Å². The van der Waals surface area contributed by atoms with Crippen molar-refractivity contribution in [2.45, 2.75) is 51.6 Å². The number of hydrogen-bond acceptors (Lipinski definition) is 2. The van der Waals surface area contributed by atoms with Gasteiger partial charge in [-0.1, -0.05) is 0 Å². The van der Waals surface area contributed by atoms with Gasteiger partial charge in [0, 0.05) is 12.1 Å². The summed E-state index contributed by atoms with van der Waals surface area (Å²) < 4.78 is 0. The Hall–Kier alpha value is 0.210. The number of hydrogen-bond donors (Lipinski definition) is 1. The van der Waals surface area contributed by atoms with Crippen LogP contribution in [-0.4, -0.2) is 36.6 Å². The normalized spacial score (nSPS) is 29.4. The monoisotopic (exact) mass is 232 g/mol. The SMILES string of the molecule is CC(C)N1CCC(C2CCCN2)CC1.Cl. The van der Waals surface area contributed by atoms with Crippen molar-refractivity contribution in [3.05, 3.63) is 0 Å². The predicted octanol–water partition coefficient (Wildman–Crippen LogP) is 2.28. The average Bonchev–Trinajstić information content (AvgIpc) is 2.71. The molecule has 2 aliphatic rings. The third-order valence-corrected chi connectivity index (χ3v) is 3.97. The van der Waals surface area contributed by atoms with E-state index < -0.39 is 0 Å². The molecular weight excluding hydrogens is 208 g/mol. The molecule has 0 radical (unpaired) electrons. The first-order valence-electron chi connectivity index (χ1n) is 6.25. The molecule has 0 amide bonds. The van der Waals surface area contributed by atoms with E-state index in [1.54, 1.807) is 0 Å². The molecule has 0 aromatic carbocycles. The van der Waals surface area contributed by atoms with E-state index in [1.165, 1.54) is 45.3 Å². The van der Waals surface area contributed by atoms with E-state index in [0.29, 0.717) is 0 Å². The first kappa shape index (κ1) is 13.3. The highest BCUT2D eigenvalue weighted by atomic mass is 35.5. The molecule has 0 aliphatic carbocycles. The summed E-state index contributed by atoms with van der Waals surface area (Å²) in [5, 5.41) is 3.65. The molecular formula is C12H25ClN2. The van der Waals surface area contributed by atoms with E-state index in [9.17, 15) is 0 Å². The van der Waals surface area contributed by atoms with E-state index in [0.717, 1.165) is 18.0 Å². The summed E-state index contributed by atoms with van der Waals surface area (Å²) in [6, 6.07) is 1.59. The van der Waals surface area contributed by atoms with E-state index in [2.05, 4.69) is 24.1 Å². The maximum absolute atomic E-state index is 3.65. The molecule has 0 bridgehead atoms. The second kappa shape index (κ2) is 6.07. The van der Waals surface area contributed by atoms with Crippen LogP contribution < -0.4 is 5.32 Å². The number of nitrogens with one attached hydrogen (secondary N) is 1. The number of piperidine rings is 1. The summed E-state index contributed by atoms with van der Waals surface area (Å²) in [6.45, 7) is 8.53. The van der Waals surface area contributed by atoms with Crippen molar-refractivity contribution in [1.82, 2.24) is 10.2 Å². The molecule has 0 aromatic heterocycles. The summed E-state index contributed by atoms with van der Waals surface area (Å²) in [7, 11) is 0. The average molecular weight is 233 g/mol. The van der Waals surface area contributed by atoms with Crippen LogP contribution in [0.3, 0.4) is 0 Å². The minimum atomic E-state index is 0. The van der Waals surface area contributed by atoms with E-state index in [4.69, 9.17) is 0 Å². The molecule has 2 aliphatic heterocycles. The third-order valence-electron chi connectivity index (χ3n) is 3.97. The Morgan fingerprint density at radius 2 is 1.80 bits per heavy atom. The topological polar surface area (TPSA) is 15.3 Å². The standard InChI is InChI=1S/C12H24N2.ClH/c1-10(2)14-8-5-11(6-9-14)12-4-3-7-13-12;/h10-13H,3-9H2,1-2H3;1H. The quantitative estimate of drug-likeness (QED) is 0.786. The van der Waals surface area contributed by atoms with Gasteiger partial charge >= 0.3 is 0 Å². The van der Waals surface area contributed by atoms with Gasteiger partial charge in [-0.3, -0.25) is 0 Å². The summed E-state index contributed by atoms with van der Waals surface area (Å²) in [5.74, 6) is 0.965. The molecule has 2 saturated heterocycles. The van der Waals surface area contributed by atoms with Crippen molar-refractivity contribution in [2.24, 2.45) is 5.92 Å². The predicted molar refractivity (Wildman–Crippen MR) is 67.7 cm³/mol. The molecule has 2 fully saturated rings. The van der Waals surface area contributed by atoms with Crippen molar-refractivity contribution in [3.63, 3.8) is 0 Å². The van der Waals surface area contributed by atoms with Crippen LogP contribution in [0.25, 0.3) is 0 Å². The zero-order chi connectivity index (χ0) is 9.97. The van der Waals surface area contributed by atoms with Crippen LogP contribution in [-0.2, 0) is 0 Å². The van der Waals surface area contributed by atoms with Crippen molar-refractivity contribution in [2.75, 3.05) is 19.6 Å². The Morgan fingerprint density at radius 1 is 1.13 bits per heavy atom. The van der Waals surface area contributed by atoms with Crippen molar-refractivity contribution >= 4 is 12.4 Å². The molecule has 1 unspecified atom stereocenters. The van der Waals surface area contributed by atoms with E-state index in [1.807, 2.05) is 0 Å². The number of halogens is 1. The fraction of sp³-hybridized carbons (Fsp3) is 1.00. The van der Waals surface area contributed by atoms with Crippen molar-refractivity contribution in [3.8, 4) is 0 Å². The van der Waals surface area contributed by atoms with Crippen molar-refractivity contribution < 1.29 is 0 Å². The molecule has 2 heterocycles. The zero-order valence-corrected chi connectivity index (χ0v) is 10.9. The van der Waals surface area contributed by atoms with Gasteiger partial charge in [-0.05, 0) is 65.1 Å². The van der Waals surface area contributed by atoms with Gasteiger partial charge in [-0.2, -0.15) is 0 Å². The van der Waals surface area contributed by atoms with Gasteiger partial charge in [-0.15, -0.1) is 12.4 Å². The van der Waals surface area contributed by atoms with Gasteiger partial charge in [0.05, 0.1) is 0 Å². The van der Waals surface area contributed by atoms with Crippen LogP contribution in [0.2, 0.25) is 0 Å². The van der Waals surface area contributed by atoms with Crippen LogP contribution >= 0.6 is 12.4 Å². The lowest BCUT2D eigenvalue weighted by atomic mass is 9.88. The molecule has 0 aromatic rings. The lowest BCUT2D eigenvalue weighted by molar-refractivity contribution is 0.134. The van der Waals surface area contributed by atoms with Crippen LogP contribution in [0, 0.1) is 5.92 Å². The van der Waals surface area contributed by atoms with Gasteiger partial charge in [0.2, 0.25) is 0 Å². The smallest absolute Gasteiger partial charge is 0.00967 e. The Bertz CT molecular complexity index is 170. The van der Waals surface area contributed by atoms with Gasteiger partial charge in [0.25, 0.3) is 0 Å². The van der Waals surface area contributed by atoms with Gasteiger partial charge in [-0.25, -0.2) is 0 Å².